The van der Waals surface area contributed by atoms with Crippen molar-refractivity contribution in [2.45, 2.75) is 26.2 Å². The first-order valence-corrected chi connectivity index (χ1v) is 8.83. The number of carbonyl (C=O) groups excluding carboxylic acids is 1. The lowest BCUT2D eigenvalue weighted by Crippen LogP contribution is -2.11. The predicted octanol–water partition coefficient (Wildman–Crippen LogP) is 4.80. The smallest absolute Gasteiger partial charge is 0.269 e. The summed E-state index contributed by atoms with van der Waals surface area (Å²) in [4.78, 5) is 26.9. The summed E-state index contributed by atoms with van der Waals surface area (Å²) >= 11 is 1.42. The summed E-state index contributed by atoms with van der Waals surface area (Å²) in [6.45, 7) is 2.16. The van der Waals surface area contributed by atoms with Crippen LogP contribution < -0.4 is 5.32 Å². The highest BCUT2D eigenvalue weighted by Gasteiger charge is 2.12. The van der Waals surface area contributed by atoms with Gasteiger partial charge in [0.2, 0.25) is 0 Å². The van der Waals surface area contributed by atoms with Crippen molar-refractivity contribution in [1.29, 1.82) is 0 Å². The number of rotatable bonds is 6. The molecule has 0 fully saturated rings. The van der Waals surface area contributed by atoms with E-state index in [1.165, 1.54) is 41.2 Å². The third kappa shape index (κ3) is 4.00. The second-order valence-electron chi connectivity index (χ2n) is 5.68. The number of fused-ring (bicyclic) bond motifs is 1. The second kappa shape index (κ2) is 7.40. The molecule has 0 saturated heterocycles. The average Bonchev–Trinajstić information content (AvgIpc) is 3.01. The molecule has 7 heteroatoms. The largest absolute Gasteiger partial charge is 0.298 e. The average molecular weight is 355 g/mol. The number of thiazole rings is 1. The topological polar surface area (TPSA) is 85.1 Å². The number of nitro groups is 1. The summed E-state index contributed by atoms with van der Waals surface area (Å²) in [6, 6.07) is 11.6. The molecule has 6 nitrogen and oxygen atoms in total. The van der Waals surface area contributed by atoms with E-state index < -0.39 is 4.92 Å². The molecule has 3 rings (SSSR count). The number of nitro benzene ring substituents is 1. The van der Waals surface area contributed by atoms with Gasteiger partial charge in [0.1, 0.15) is 0 Å². The number of nitrogens with one attached hydrogen (secondary N) is 1. The molecule has 3 aromatic rings. The fraction of sp³-hybridized carbons (Fsp3) is 0.222. The summed E-state index contributed by atoms with van der Waals surface area (Å²) in [5.41, 5.74) is 2.43. The van der Waals surface area contributed by atoms with Crippen LogP contribution in [-0.2, 0) is 6.42 Å². The van der Waals surface area contributed by atoms with Crippen LogP contribution in [0.3, 0.4) is 0 Å². The SMILES string of the molecule is CCCCc1ccc2nc(NC(=O)c3ccc([N+](=O)[O-])cc3)sc2c1. The number of unbranched alkanes of at least 4 members (excludes halogenated alkanes) is 1. The van der Waals surface area contributed by atoms with Crippen molar-refractivity contribution < 1.29 is 9.72 Å². The van der Waals surface area contributed by atoms with Crippen LogP contribution in [0.15, 0.2) is 42.5 Å². The van der Waals surface area contributed by atoms with Crippen LogP contribution in [0.1, 0.15) is 35.7 Å². The van der Waals surface area contributed by atoms with E-state index in [1.54, 1.807) is 0 Å². The Balaban J connectivity index is 1.75. The highest BCUT2D eigenvalue weighted by Crippen LogP contribution is 2.27. The normalized spacial score (nSPS) is 10.8. The van der Waals surface area contributed by atoms with E-state index in [9.17, 15) is 14.9 Å². The summed E-state index contributed by atoms with van der Waals surface area (Å²) in [6.07, 6.45) is 3.33. The molecule has 25 heavy (non-hydrogen) atoms. The molecule has 0 aliphatic rings. The van der Waals surface area contributed by atoms with Gasteiger partial charge in [-0.2, -0.15) is 0 Å². The van der Waals surface area contributed by atoms with Crippen molar-refractivity contribution in [2.75, 3.05) is 5.32 Å². The van der Waals surface area contributed by atoms with Crippen molar-refractivity contribution in [3.8, 4) is 0 Å². The van der Waals surface area contributed by atoms with Crippen molar-refractivity contribution in [3.63, 3.8) is 0 Å². The van der Waals surface area contributed by atoms with Gasteiger partial charge in [0, 0.05) is 17.7 Å². The van der Waals surface area contributed by atoms with Crippen LogP contribution in [0.2, 0.25) is 0 Å². The third-order valence-corrected chi connectivity index (χ3v) is 4.77. The Hall–Kier alpha value is -2.80. The van der Waals surface area contributed by atoms with Gasteiger partial charge in [0.15, 0.2) is 5.13 Å². The molecular formula is C18H17N3O3S. The highest BCUT2D eigenvalue weighted by atomic mass is 32.1. The zero-order chi connectivity index (χ0) is 17.8. The Kier molecular flexibility index (Phi) is 5.04. The van der Waals surface area contributed by atoms with Gasteiger partial charge in [-0.25, -0.2) is 4.98 Å². The fourth-order valence-corrected chi connectivity index (χ4v) is 3.39. The molecule has 0 saturated carbocycles. The van der Waals surface area contributed by atoms with Gasteiger partial charge >= 0.3 is 0 Å². The minimum Gasteiger partial charge on any atom is -0.298 e. The van der Waals surface area contributed by atoms with E-state index in [2.05, 4.69) is 29.4 Å². The number of amides is 1. The lowest BCUT2D eigenvalue weighted by molar-refractivity contribution is -0.384. The van der Waals surface area contributed by atoms with Gasteiger partial charge in [-0.05, 0) is 42.7 Å². The minimum atomic E-state index is -0.495. The number of anilines is 1. The number of benzene rings is 2. The molecule has 0 aliphatic heterocycles. The molecule has 128 valence electrons. The zero-order valence-corrected chi connectivity index (χ0v) is 14.5. The first-order valence-electron chi connectivity index (χ1n) is 8.02. The Bertz CT molecular complexity index is 919. The van der Waals surface area contributed by atoms with E-state index in [-0.39, 0.29) is 11.6 Å². The van der Waals surface area contributed by atoms with Gasteiger partial charge in [-0.15, -0.1) is 0 Å². The Morgan fingerprint density at radius 2 is 2.00 bits per heavy atom. The van der Waals surface area contributed by atoms with Crippen LogP contribution in [0, 0.1) is 10.1 Å². The second-order valence-corrected chi connectivity index (χ2v) is 6.71. The molecule has 0 unspecified atom stereocenters. The monoisotopic (exact) mass is 355 g/mol. The summed E-state index contributed by atoms with van der Waals surface area (Å²) < 4.78 is 1.03. The summed E-state index contributed by atoms with van der Waals surface area (Å²) in [7, 11) is 0. The number of hydrogen-bond acceptors (Lipinski definition) is 5. The lowest BCUT2D eigenvalue weighted by atomic mass is 10.1. The van der Waals surface area contributed by atoms with Crippen molar-refractivity contribution >= 4 is 38.3 Å². The van der Waals surface area contributed by atoms with E-state index in [0.29, 0.717) is 10.7 Å². The third-order valence-electron chi connectivity index (χ3n) is 3.83. The van der Waals surface area contributed by atoms with Gasteiger partial charge in [-0.3, -0.25) is 20.2 Å². The molecule has 0 bridgehead atoms. The Morgan fingerprint density at radius 3 is 2.68 bits per heavy atom. The zero-order valence-electron chi connectivity index (χ0n) is 13.7. The van der Waals surface area contributed by atoms with E-state index in [1.807, 2.05) is 6.07 Å². The maximum Gasteiger partial charge on any atom is 0.269 e. The van der Waals surface area contributed by atoms with Gasteiger partial charge in [-0.1, -0.05) is 30.7 Å². The highest BCUT2D eigenvalue weighted by molar-refractivity contribution is 7.22. The molecule has 2 aromatic carbocycles. The van der Waals surface area contributed by atoms with Crippen molar-refractivity contribution in [3.05, 3.63) is 63.7 Å². The van der Waals surface area contributed by atoms with E-state index >= 15 is 0 Å². The van der Waals surface area contributed by atoms with E-state index in [4.69, 9.17) is 0 Å². The molecular weight excluding hydrogens is 338 g/mol. The predicted molar refractivity (Wildman–Crippen MR) is 99.3 cm³/mol. The number of non-ortho nitro benzene ring substituents is 1. The molecule has 1 heterocycles. The lowest BCUT2D eigenvalue weighted by Gasteiger charge is -2.00. The standard InChI is InChI=1S/C18H17N3O3S/c1-2-3-4-12-5-10-15-16(11-12)25-18(19-15)20-17(22)13-6-8-14(9-7-13)21(23)24/h5-11H,2-4H2,1H3,(H,19,20,22). The Labute approximate surface area is 148 Å². The first-order chi connectivity index (χ1) is 12.1. The maximum atomic E-state index is 12.3. The molecule has 0 spiro atoms. The fourth-order valence-electron chi connectivity index (χ4n) is 2.46. The molecule has 0 aliphatic carbocycles. The summed E-state index contributed by atoms with van der Waals surface area (Å²) in [5, 5.41) is 13.9. The minimum absolute atomic E-state index is 0.0452. The molecule has 1 amide bonds. The van der Waals surface area contributed by atoms with Crippen molar-refractivity contribution in [2.24, 2.45) is 0 Å². The number of carbonyl (C=O) groups is 1. The van der Waals surface area contributed by atoms with Crippen LogP contribution in [0.4, 0.5) is 10.8 Å². The molecule has 0 atom stereocenters. The maximum absolute atomic E-state index is 12.3. The van der Waals surface area contributed by atoms with Crippen molar-refractivity contribution in [1.82, 2.24) is 4.98 Å². The Morgan fingerprint density at radius 1 is 1.24 bits per heavy atom. The van der Waals surface area contributed by atoms with Gasteiger partial charge in [0.25, 0.3) is 11.6 Å². The van der Waals surface area contributed by atoms with Crippen LogP contribution in [-0.4, -0.2) is 15.8 Å². The van der Waals surface area contributed by atoms with Gasteiger partial charge in [0.05, 0.1) is 15.1 Å². The van der Waals surface area contributed by atoms with Gasteiger partial charge < -0.3 is 0 Å². The quantitative estimate of drug-likeness (QED) is 0.508. The molecule has 1 aromatic heterocycles. The first kappa shape index (κ1) is 17.0. The van der Waals surface area contributed by atoms with Crippen LogP contribution in [0.5, 0.6) is 0 Å². The molecule has 1 N–H and O–H groups in total. The number of nitrogens with zero attached hydrogens (tertiary/aromatic N) is 2. The number of aromatic nitrogens is 1. The number of aryl methyl sites for hydroxylation is 1. The molecule has 0 radical (unpaired) electrons. The summed E-state index contributed by atoms with van der Waals surface area (Å²) in [5.74, 6) is -0.333. The van der Waals surface area contributed by atoms with E-state index in [0.717, 1.165) is 29.5 Å². The van der Waals surface area contributed by atoms with Crippen LogP contribution in [0.25, 0.3) is 10.2 Å². The number of hydrogen-bond donors (Lipinski definition) is 1. The van der Waals surface area contributed by atoms with Crippen LogP contribution >= 0.6 is 11.3 Å².